The molecule has 15 N–H and O–H groups in total. The Morgan fingerprint density at radius 1 is 0.307 bits per heavy atom. The van der Waals surface area contributed by atoms with Crippen LogP contribution in [0.25, 0.3) is 53.9 Å². The number of fused-ring (bicyclic) bond motifs is 5. The van der Waals surface area contributed by atoms with E-state index in [0.717, 1.165) is 126 Å². The Bertz CT molecular complexity index is 4640. The number of aryl methyl sites for hydroxylation is 3. The SMILES string of the molecule is COc1ccc(CO)cc1CO.Cc1cc(C)c(CO)c(C)c1CO.Cc1cc(CO)c(C)c(CO)c1O.O=[N+]([O-])c1cc(CO)ccc1CO.OCc1cc(CO)c2cc3ccccc3cc2c1.OCc1cc(CO)c2ccccc2c1.OCc1ccc(CO)c2cc3ccccc3cc12. The largest absolute Gasteiger partial charge is 0.507 e. The molecule has 101 heavy (non-hydrogen) atoms. The number of benzene rings is 12. The van der Waals surface area contributed by atoms with Gasteiger partial charge >= 0.3 is 0 Å². The molecule has 532 valence electrons. The van der Waals surface area contributed by atoms with Crippen molar-refractivity contribution in [1.29, 1.82) is 0 Å². The zero-order chi connectivity index (χ0) is 73.9. The van der Waals surface area contributed by atoms with E-state index < -0.39 is 4.92 Å². The van der Waals surface area contributed by atoms with Gasteiger partial charge in [-0.25, -0.2) is 0 Å². The standard InChI is InChI=1S/2C16H14O2.C12H12O2.C11H16O2.C10H14O3.C9H12O3.C8H9NO4/c17-9-11-5-14-7-12-3-1-2-4-13(12)8-16(14)15(6-11)10-18;17-9-13-5-6-14(10-18)16-8-12-4-2-1-3-11(12)7-15(13)16;13-7-9-5-10-3-1-2-4-12(10)11(6-9)8-14;1-7-4-8(2)11(6-13)9(3)10(7)5-12;1-6-3-8(4-11)7(2)9(5-12)10(6)13;1-12-9-3-2-7(5-10)4-8(9)6-11;10-4-6-1-2-7(5-11)8(3-6)9(12)13/h2*1-8,17-18H,9-10H2;1-6,13-14H,7-8H2;4,12-13H,5-6H2,1-3H3;3,11-13H,4-5H2,1-2H3;2-4,10-11H,5-6H2,1H3;1-3,10-11H,4-5H2. The molecule has 19 nitrogen and oxygen atoms in total. The minimum Gasteiger partial charge on any atom is -0.507 e. The summed E-state index contributed by atoms with van der Waals surface area (Å²) in [4.78, 5) is 9.88. The third-order valence-corrected chi connectivity index (χ3v) is 17.4. The van der Waals surface area contributed by atoms with Crippen LogP contribution in [-0.2, 0) is 92.5 Å². The number of hydrogen-bond donors (Lipinski definition) is 15. The van der Waals surface area contributed by atoms with Crippen LogP contribution in [0.4, 0.5) is 5.69 Å². The molecule has 12 aromatic rings. The van der Waals surface area contributed by atoms with E-state index in [1.807, 2.05) is 112 Å². The number of ether oxygens (including phenoxy) is 1. The molecule has 0 fully saturated rings. The Hall–Kier alpha value is -9.62. The van der Waals surface area contributed by atoms with Crippen LogP contribution in [0, 0.1) is 44.7 Å². The smallest absolute Gasteiger partial charge is 0.275 e. The summed E-state index contributed by atoms with van der Waals surface area (Å²) in [5, 5.41) is 158. The molecule has 12 aromatic carbocycles. The highest BCUT2D eigenvalue weighted by Gasteiger charge is 2.15. The Kier molecular flexibility index (Phi) is 31.8. The van der Waals surface area contributed by atoms with E-state index in [1.165, 1.54) is 17.5 Å². The Balaban J connectivity index is 0.000000187. The van der Waals surface area contributed by atoms with Gasteiger partial charge in [-0.2, -0.15) is 0 Å². The van der Waals surface area contributed by atoms with Gasteiger partial charge in [0.1, 0.15) is 11.5 Å². The zero-order valence-corrected chi connectivity index (χ0v) is 57.6. The fourth-order valence-electron chi connectivity index (χ4n) is 11.8. The van der Waals surface area contributed by atoms with Gasteiger partial charge in [0, 0.05) is 17.2 Å². The summed E-state index contributed by atoms with van der Waals surface area (Å²) in [7, 11) is 1.55. The van der Waals surface area contributed by atoms with Gasteiger partial charge in [-0.3, -0.25) is 10.1 Å². The number of phenols is 1. The van der Waals surface area contributed by atoms with E-state index in [4.69, 9.17) is 50.7 Å². The molecule has 0 heterocycles. The lowest BCUT2D eigenvalue weighted by molar-refractivity contribution is -0.385. The highest BCUT2D eigenvalue weighted by molar-refractivity contribution is 6.02. The van der Waals surface area contributed by atoms with Crippen LogP contribution in [0.5, 0.6) is 11.5 Å². The zero-order valence-electron chi connectivity index (χ0n) is 57.6. The summed E-state index contributed by atoms with van der Waals surface area (Å²) >= 11 is 0. The lowest BCUT2D eigenvalue weighted by Gasteiger charge is -2.14. The maximum Gasteiger partial charge on any atom is 0.275 e. The molecule has 0 aromatic heterocycles. The number of nitro benzene ring substituents is 1. The van der Waals surface area contributed by atoms with Gasteiger partial charge in [-0.15, -0.1) is 0 Å². The van der Waals surface area contributed by atoms with Crippen molar-refractivity contribution in [2.45, 2.75) is 127 Å². The van der Waals surface area contributed by atoms with Crippen molar-refractivity contribution < 1.29 is 86.3 Å². The third-order valence-electron chi connectivity index (χ3n) is 17.4. The summed E-state index contributed by atoms with van der Waals surface area (Å²) in [6.07, 6.45) is 0. The van der Waals surface area contributed by atoms with E-state index in [0.29, 0.717) is 28.0 Å². The van der Waals surface area contributed by atoms with Crippen LogP contribution in [0.15, 0.2) is 182 Å². The van der Waals surface area contributed by atoms with Gasteiger partial charge in [0.2, 0.25) is 0 Å². The van der Waals surface area contributed by atoms with E-state index >= 15 is 0 Å². The molecule has 0 bridgehead atoms. The predicted molar refractivity (Wildman–Crippen MR) is 394 cm³/mol. The van der Waals surface area contributed by atoms with Gasteiger partial charge in [-0.1, -0.05) is 115 Å². The normalized spacial score (nSPS) is 10.7. The monoisotopic (exact) mass is 1380 g/mol. The fourth-order valence-corrected chi connectivity index (χ4v) is 11.8. The van der Waals surface area contributed by atoms with Crippen molar-refractivity contribution in [2.75, 3.05) is 7.11 Å². The van der Waals surface area contributed by atoms with Gasteiger partial charge in [0.25, 0.3) is 5.69 Å². The second-order valence-electron chi connectivity index (χ2n) is 23.8. The van der Waals surface area contributed by atoms with Crippen molar-refractivity contribution in [3.63, 3.8) is 0 Å². The number of rotatable bonds is 16. The molecule has 0 saturated heterocycles. The lowest BCUT2D eigenvalue weighted by atomic mass is 9.94. The molecule has 0 spiro atoms. The molecule has 0 aliphatic heterocycles. The van der Waals surface area contributed by atoms with Crippen molar-refractivity contribution in [2.24, 2.45) is 0 Å². The van der Waals surface area contributed by atoms with E-state index in [1.54, 1.807) is 51.3 Å². The molecule has 19 heteroatoms. The van der Waals surface area contributed by atoms with Gasteiger partial charge in [0.15, 0.2) is 0 Å². The lowest BCUT2D eigenvalue weighted by Crippen LogP contribution is -2.01. The Morgan fingerprint density at radius 2 is 0.703 bits per heavy atom. The summed E-state index contributed by atoms with van der Waals surface area (Å²) in [5.41, 5.74) is 15.0. The number of aliphatic hydroxyl groups excluding tert-OH is 14. The maximum absolute atomic E-state index is 10.5. The van der Waals surface area contributed by atoms with E-state index in [-0.39, 0.29) is 109 Å². The first-order chi connectivity index (χ1) is 48.7. The number of nitrogens with zero attached hydrogens (tertiary/aromatic N) is 1. The van der Waals surface area contributed by atoms with Crippen molar-refractivity contribution in [3.05, 3.63) is 298 Å². The van der Waals surface area contributed by atoms with Crippen molar-refractivity contribution in [1.82, 2.24) is 0 Å². The average molecular weight is 1380 g/mol. The van der Waals surface area contributed by atoms with Crippen molar-refractivity contribution in [3.8, 4) is 11.5 Å². The Labute approximate surface area is 586 Å². The minimum atomic E-state index is -0.579. The van der Waals surface area contributed by atoms with Crippen LogP contribution in [0.1, 0.15) is 106 Å². The van der Waals surface area contributed by atoms with Crippen LogP contribution < -0.4 is 4.74 Å². The summed E-state index contributed by atoms with van der Waals surface area (Å²) in [5.74, 6) is 0.770. The summed E-state index contributed by atoms with van der Waals surface area (Å²) in [6.45, 7) is 8.57. The van der Waals surface area contributed by atoms with Crippen LogP contribution in [0.2, 0.25) is 0 Å². The van der Waals surface area contributed by atoms with E-state index in [2.05, 4.69) is 48.5 Å². The molecule has 0 atom stereocenters. The molecular formula is C82H91NO18. The predicted octanol–water partition coefficient (Wildman–Crippen LogP) is 11.6. The molecule has 0 saturated carbocycles. The molecule has 0 radical (unpaired) electrons. The van der Waals surface area contributed by atoms with Gasteiger partial charge in [0.05, 0.1) is 110 Å². The molecule has 12 rings (SSSR count). The molecule has 0 unspecified atom stereocenters. The number of hydrogen-bond acceptors (Lipinski definition) is 18. The van der Waals surface area contributed by atoms with Crippen molar-refractivity contribution >= 4 is 59.5 Å². The topological polar surface area (TPSA) is 356 Å². The maximum atomic E-state index is 10.5. The average Bonchev–Trinajstić information content (AvgIpc) is 0.786. The highest BCUT2D eigenvalue weighted by atomic mass is 16.6. The van der Waals surface area contributed by atoms with Crippen LogP contribution in [0.3, 0.4) is 0 Å². The van der Waals surface area contributed by atoms with E-state index in [9.17, 15) is 40.8 Å². The van der Waals surface area contributed by atoms with Gasteiger partial charge < -0.3 is 81.3 Å². The summed E-state index contributed by atoms with van der Waals surface area (Å²) < 4.78 is 4.99. The first-order valence-corrected chi connectivity index (χ1v) is 32.4. The van der Waals surface area contributed by atoms with Gasteiger partial charge in [-0.05, 0) is 238 Å². The molecule has 0 aliphatic carbocycles. The second-order valence-corrected chi connectivity index (χ2v) is 23.8. The highest BCUT2D eigenvalue weighted by Crippen LogP contribution is 2.32. The molecule has 0 amide bonds. The first-order valence-electron chi connectivity index (χ1n) is 32.4. The fraction of sp³-hybridized carbons (Fsp3) is 0.244. The molecular weight excluding hydrogens is 1290 g/mol. The summed E-state index contributed by atoms with van der Waals surface area (Å²) in [6, 6.07) is 57.0. The third kappa shape index (κ3) is 20.8. The number of nitro groups is 1. The van der Waals surface area contributed by atoms with Crippen LogP contribution >= 0.6 is 0 Å². The first kappa shape index (κ1) is 80.4. The molecule has 0 aliphatic rings. The number of aromatic hydroxyl groups is 1. The minimum absolute atomic E-state index is 0.00420. The Morgan fingerprint density at radius 3 is 1.15 bits per heavy atom. The van der Waals surface area contributed by atoms with Crippen LogP contribution in [-0.4, -0.2) is 88.6 Å². The quantitative estimate of drug-likeness (QED) is 0.0243. The number of methoxy groups -OCH3 is 1. The number of aliphatic hydroxyl groups is 14. The second kappa shape index (κ2) is 40.0.